The van der Waals surface area contributed by atoms with Crippen molar-refractivity contribution in [2.24, 2.45) is 7.05 Å². The minimum Gasteiger partial charge on any atom is -0.493 e. The first-order chi connectivity index (χ1) is 13.1. The van der Waals surface area contributed by atoms with Crippen LogP contribution in [0.15, 0.2) is 24.3 Å². The maximum Gasteiger partial charge on any atom is 0.269 e. The zero-order valence-electron chi connectivity index (χ0n) is 16.2. The summed E-state index contributed by atoms with van der Waals surface area (Å²) in [5.74, 6) is 1.04. The molecule has 0 saturated carbocycles. The Kier molecular flexibility index (Phi) is 5.16. The number of aryl methyl sites for hydroxylation is 2. The van der Waals surface area contributed by atoms with Crippen LogP contribution < -0.4 is 10.1 Å². The number of rotatable bonds is 5. The van der Waals surface area contributed by atoms with Gasteiger partial charge in [0.05, 0.1) is 12.3 Å². The fourth-order valence-corrected chi connectivity index (χ4v) is 4.07. The fraction of sp³-hybridized carbons (Fsp3) is 0.524. The lowest BCUT2D eigenvalue weighted by Crippen LogP contribution is -2.45. The van der Waals surface area contributed by atoms with E-state index in [0.717, 1.165) is 63.4 Å². The standard InChI is InChI=1S/C21H28N4O2/c1-15-13-19(24(2)23-15)21(26)22-18-6-10-25(11-7-18)9-5-16-3-4-20-17(14-16)8-12-27-20/h3-4,13-14,18H,5-12H2,1-2H3,(H,22,26). The number of hydrogen-bond donors (Lipinski definition) is 1. The molecule has 144 valence electrons. The molecule has 2 aliphatic heterocycles. The Bertz CT molecular complexity index is 822. The number of carbonyl (C=O) groups excluding carboxylic acids is 1. The lowest BCUT2D eigenvalue weighted by molar-refractivity contribution is 0.0902. The maximum atomic E-state index is 12.4. The van der Waals surface area contributed by atoms with Crippen LogP contribution in [0.4, 0.5) is 0 Å². The van der Waals surface area contributed by atoms with E-state index in [9.17, 15) is 4.79 Å². The molecule has 1 aromatic carbocycles. The summed E-state index contributed by atoms with van der Waals surface area (Å²) >= 11 is 0. The Labute approximate surface area is 160 Å². The van der Waals surface area contributed by atoms with Crippen LogP contribution in [0.1, 0.15) is 40.2 Å². The molecule has 0 spiro atoms. The second-order valence-electron chi connectivity index (χ2n) is 7.67. The van der Waals surface area contributed by atoms with Crippen molar-refractivity contribution in [2.75, 3.05) is 26.2 Å². The molecule has 27 heavy (non-hydrogen) atoms. The van der Waals surface area contributed by atoms with Crippen molar-refractivity contribution in [1.29, 1.82) is 0 Å². The predicted molar refractivity (Wildman–Crippen MR) is 104 cm³/mol. The molecular weight excluding hydrogens is 340 g/mol. The van der Waals surface area contributed by atoms with Crippen LogP contribution in [0.3, 0.4) is 0 Å². The Balaban J connectivity index is 1.23. The molecule has 6 nitrogen and oxygen atoms in total. The molecule has 2 aliphatic rings. The maximum absolute atomic E-state index is 12.4. The SMILES string of the molecule is Cc1cc(C(=O)NC2CCN(CCc3ccc4c(c3)CCO4)CC2)n(C)n1. The van der Waals surface area contributed by atoms with Crippen LogP contribution in [-0.2, 0) is 19.9 Å². The van der Waals surface area contributed by atoms with Crippen LogP contribution in [-0.4, -0.2) is 52.9 Å². The molecule has 6 heteroatoms. The third-order valence-electron chi connectivity index (χ3n) is 5.63. The summed E-state index contributed by atoms with van der Waals surface area (Å²) in [6.07, 6.45) is 4.10. The predicted octanol–water partition coefficient (Wildman–Crippen LogP) is 2.10. The molecule has 0 aliphatic carbocycles. The van der Waals surface area contributed by atoms with E-state index in [4.69, 9.17) is 4.74 Å². The molecule has 1 saturated heterocycles. The third-order valence-corrected chi connectivity index (χ3v) is 5.63. The molecule has 0 bridgehead atoms. The number of fused-ring (bicyclic) bond motifs is 1. The molecule has 1 aromatic heterocycles. The molecular formula is C21H28N4O2. The van der Waals surface area contributed by atoms with E-state index in [1.165, 1.54) is 11.1 Å². The smallest absolute Gasteiger partial charge is 0.269 e. The molecule has 1 amide bonds. The number of hydrogen-bond acceptors (Lipinski definition) is 4. The highest BCUT2D eigenvalue weighted by Gasteiger charge is 2.22. The molecule has 4 rings (SSSR count). The Morgan fingerprint density at radius 2 is 2.11 bits per heavy atom. The number of aromatic nitrogens is 2. The quantitative estimate of drug-likeness (QED) is 0.878. The van der Waals surface area contributed by atoms with E-state index >= 15 is 0 Å². The number of ether oxygens (including phenoxy) is 1. The number of likely N-dealkylation sites (tertiary alicyclic amines) is 1. The van der Waals surface area contributed by atoms with Crippen molar-refractivity contribution < 1.29 is 9.53 Å². The van der Waals surface area contributed by atoms with Crippen LogP contribution in [0.5, 0.6) is 5.75 Å². The Morgan fingerprint density at radius 3 is 2.85 bits per heavy atom. The topological polar surface area (TPSA) is 59.4 Å². The summed E-state index contributed by atoms with van der Waals surface area (Å²) in [5.41, 5.74) is 4.24. The van der Waals surface area contributed by atoms with Crippen molar-refractivity contribution in [3.05, 3.63) is 46.8 Å². The number of nitrogens with one attached hydrogen (secondary N) is 1. The average molecular weight is 368 g/mol. The summed E-state index contributed by atoms with van der Waals surface area (Å²) in [5, 5.41) is 7.42. The van der Waals surface area contributed by atoms with E-state index in [0.29, 0.717) is 5.69 Å². The van der Waals surface area contributed by atoms with E-state index in [2.05, 4.69) is 33.5 Å². The van der Waals surface area contributed by atoms with Gasteiger partial charge >= 0.3 is 0 Å². The second-order valence-corrected chi connectivity index (χ2v) is 7.67. The second kappa shape index (κ2) is 7.72. The number of benzene rings is 1. The minimum absolute atomic E-state index is 0.0168. The third kappa shape index (κ3) is 4.16. The Hall–Kier alpha value is -2.34. The van der Waals surface area contributed by atoms with Gasteiger partial charge in [0.15, 0.2) is 0 Å². The van der Waals surface area contributed by atoms with Crippen LogP contribution >= 0.6 is 0 Å². The summed E-state index contributed by atoms with van der Waals surface area (Å²) < 4.78 is 7.24. The van der Waals surface area contributed by atoms with E-state index < -0.39 is 0 Å². The Morgan fingerprint density at radius 1 is 1.30 bits per heavy atom. The van der Waals surface area contributed by atoms with Gasteiger partial charge in [-0.15, -0.1) is 0 Å². The molecule has 1 N–H and O–H groups in total. The van der Waals surface area contributed by atoms with E-state index in [-0.39, 0.29) is 11.9 Å². The van der Waals surface area contributed by atoms with E-state index in [1.54, 1.807) is 4.68 Å². The molecule has 0 unspecified atom stereocenters. The van der Waals surface area contributed by atoms with Crippen LogP contribution in [0, 0.1) is 6.92 Å². The molecule has 1 fully saturated rings. The van der Waals surface area contributed by atoms with Gasteiger partial charge < -0.3 is 15.0 Å². The monoisotopic (exact) mass is 368 g/mol. The van der Waals surface area contributed by atoms with Crippen molar-refractivity contribution in [3.63, 3.8) is 0 Å². The molecule has 0 radical (unpaired) electrons. The van der Waals surface area contributed by atoms with Crippen molar-refractivity contribution in [3.8, 4) is 5.75 Å². The van der Waals surface area contributed by atoms with Gasteiger partial charge in [0.1, 0.15) is 11.4 Å². The first-order valence-corrected chi connectivity index (χ1v) is 9.87. The highest BCUT2D eigenvalue weighted by atomic mass is 16.5. The average Bonchev–Trinajstić information content (AvgIpc) is 3.26. The van der Waals surface area contributed by atoms with Crippen molar-refractivity contribution >= 4 is 5.91 Å². The zero-order chi connectivity index (χ0) is 18.8. The van der Waals surface area contributed by atoms with Gasteiger partial charge in [-0.3, -0.25) is 9.48 Å². The number of amides is 1. The molecule has 3 heterocycles. The number of nitrogens with zero attached hydrogens (tertiary/aromatic N) is 3. The summed E-state index contributed by atoms with van der Waals surface area (Å²) in [6, 6.07) is 8.69. The summed E-state index contributed by atoms with van der Waals surface area (Å²) in [4.78, 5) is 14.9. The summed E-state index contributed by atoms with van der Waals surface area (Å²) in [6.45, 7) is 5.85. The van der Waals surface area contributed by atoms with Crippen molar-refractivity contribution in [1.82, 2.24) is 20.0 Å². The van der Waals surface area contributed by atoms with Gasteiger partial charge in [-0.25, -0.2) is 0 Å². The van der Waals surface area contributed by atoms with Crippen molar-refractivity contribution in [2.45, 2.75) is 38.6 Å². The first-order valence-electron chi connectivity index (χ1n) is 9.87. The van der Waals surface area contributed by atoms with Gasteiger partial charge in [-0.2, -0.15) is 5.10 Å². The zero-order valence-corrected chi connectivity index (χ0v) is 16.2. The number of carbonyl (C=O) groups is 1. The van der Waals surface area contributed by atoms with Crippen LogP contribution in [0.2, 0.25) is 0 Å². The van der Waals surface area contributed by atoms with Crippen LogP contribution in [0.25, 0.3) is 0 Å². The highest BCUT2D eigenvalue weighted by Crippen LogP contribution is 2.26. The van der Waals surface area contributed by atoms with Gasteiger partial charge in [0.2, 0.25) is 0 Å². The minimum atomic E-state index is -0.0168. The van der Waals surface area contributed by atoms with Gasteiger partial charge in [-0.1, -0.05) is 12.1 Å². The lowest BCUT2D eigenvalue weighted by Gasteiger charge is -2.32. The largest absolute Gasteiger partial charge is 0.493 e. The molecule has 2 aromatic rings. The summed E-state index contributed by atoms with van der Waals surface area (Å²) in [7, 11) is 1.82. The number of piperidine rings is 1. The van der Waals surface area contributed by atoms with Gasteiger partial charge in [0.25, 0.3) is 5.91 Å². The normalized spacial score (nSPS) is 17.6. The van der Waals surface area contributed by atoms with Gasteiger partial charge in [0, 0.05) is 39.1 Å². The first kappa shape index (κ1) is 18.0. The fourth-order valence-electron chi connectivity index (χ4n) is 4.07. The van der Waals surface area contributed by atoms with Gasteiger partial charge in [-0.05, 0) is 49.4 Å². The highest BCUT2D eigenvalue weighted by molar-refractivity contribution is 5.92. The van der Waals surface area contributed by atoms with E-state index in [1.807, 2.05) is 20.0 Å². The lowest BCUT2D eigenvalue weighted by atomic mass is 10.0. The molecule has 0 atom stereocenters.